The monoisotopic (exact) mass is 322 g/mol. The fourth-order valence-corrected chi connectivity index (χ4v) is 2.00. The van der Waals surface area contributed by atoms with Crippen LogP contribution >= 0.6 is 0 Å². The maximum atomic E-state index is 11.3. The molecule has 0 saturated heterocycles. The smallest absolute Gasteiger partial charge is 0.292 e. The summed E-state index contributed by atoms with van der Waals surface area (Å²) in [5.74, 6) is 6.14. The van der Waals surface area contributed by atoms with Gasteiger partial charge < -0.3 is 5.32 Å². The van der Waals surface area contributed by atoms with E-state index in [-0.39, 0.29) is 22.1 Å². The fraction of sp³-hybridized carbons (Fsp3) is 0.300. The number of nitrogens with zero attached hydrogens (tertiary/aromatic N) is 1. The first-order chi connectivity index (χ1) is 11.3. The number of hydrogen-bond donors (Lipinski definition) is 1. The van der Waals surface area contributed by atoms with Crippen molar-refractivity contribution in [2.75, 3.05) is 5.32 Å². The van der Waals surface area contributed by atoms with Gasteiger partial charge in [0.2, 0.25) is 0 Å². The molecule has 0 aliphatic carbocycles. The molecule has 0 fully saturated rings. The zero-order valence-electron chi connectivity index (χ0n) is 14.5. The topological polar surface area (TPSA) is 55.2 Å². The number of hydrogen-bond acceptors (Lipinski definition) is 3. The second kappa shape index (κ2) is 7.18. The van der Waals surface area contributed by atoms with Gasteiger partial charge in [-0.3, -0.25) is 10.1 Å². The van der Waals surface area contributed by atoms with Crippen LogP contribution in [0.15, 0.2) is 48.5 Å². The first-order valence-electron chi connectivity index (χ1n) is 7.89. The van der Waals surface area contributed by atoms with E-state index < -0.39 is 0 Å². The Hall–Kier alpha value is -2.80. The number of nitro benzene ring substituents is 1. The van der Waals surface area contributed by atoms with Gasteiger partial charge >= 0.3 is 0 Å². The largest absolute Gasteiger partial charge is 0.376 e. The highest BCUT2D eigenvalue weighted by molar-refractivity contribution is 5.65. The lowest BCUT2D eigenvalue weighted by Crippen LogP contribution is -2.31. The summed E-state index contributed by atoms with van der Waals surface area (Å²) in [7, 11) is 0. The van der Waals surface area contributed by atoms with Crippen molar-refractivity contribution >= 4 is 11.4 Å². The minimum atomic E-state index is -0.369. The fourth-order valence-electron chi connectivity index (χ4n) is 2.00. The molecule has 2 aromatic carbocycles. The van der Waals surface area contributed by atoms with Crippen LogP contribution in [0.2, 0.25) is 0 Å². The Labute approximate surface area is 143 Å². The third-order valence-corrected chi connectivity index (χ3v) is 3.99. The lowest BCUT2D eigenvalue weighted by Gasteiger charge is -2.28. The van der Waals surface area contributed by atoms with Crippen LogP contribution in [-0.2, 0) is 0 Å². The summed E-state index contributed by atoms with van der Waals surface area (Å²) >= 11 is 0. The summed E-state index contributed by atoms with van der Waals surface area (Å²) < 4.78 is 0. The minimum Gasteiger partial charge on any atom is -0.376 e. The van der Waals surface area contributed by atoms with Gasteiger partial charge in [-0.25, -0.2) is 0 Å². The second-order valence-corrected chi connectivity index (χ2v) is 6.84. The lowest BCUT2D eigenvalue weighted by atomic mass is 9.88. The Balaban J connectivity index is 2.34. The van der Waals surface area contributed by atoms with Gasteiger partial charge in [-0.15, -0.1) is 0 Å². The third-order valence-electron chi connectivity index (χ3n) is 3.99. The summed E-state index contributed by atoms with van der Waals surface area (Å²) in [6.07, 6.45) is 0. The van der Waals surface area contributed by atoms with E-state index in [2.05, 4.69) is 37.9 Å². The van der Waals surface area contributed by atoms with E-state index >= 15 is 0 Å². The SMILES string of the molecule is C[C@@H](Nc1cc(C#Cc2ccccc2)ccc1[N+](=O)[O-])C(C)(C)C. The third kappa shape index (κ3) is 4.60. The zero-order valence-corrected chi connectivity index (χ0v) is 14.5. The van der Waals surface area contributed by atoms with Gasteiger partial charge in [0.15, 0.2) is 0 Å². The van der Waals surface area contributed by atoms with Gasteiger partial charge in [-0.05, 0) is 36.6 Å². The molecule has 0 amide bonds. The molecule has 0 unspecified atom stereocenters. The van der Waals surface area contributed by atoms with Crippen LogP contribution < -0.4 is 5.32 Å². The van der Waals surface area contributed by atoms with Crippen molar-refractivity contribution in [2.45, 2.75) is 33.7 Å². The first-order valence-corrected chi connectivity index (χ1v) is 7.89. The van der Waals surface area contributed by atoms with E-state index in [9.17, 15) is 10.1 Å². The van der Waals surface area contributed by atoms with Crippen LogP contribution in [0.1, 0.15) is 38.8 Å². The highest BCUT2D eigenvalue weighted by Gasteiger charge is 2.23. The van der Waals surface area contributed by atoms with Crippen molar-refractivity contribution in [3.63, 3.8) is 0 Å². The number of benzene rings is 2. The zero-order chi connectivity index (χ0) is 17.7. The van der Waals surface area contributed by atoms with Crippen molar-refractivity contribution in [2.24, 2.45) is 5.41 Å². The molecule has 24 heavy (non-hydrogen) atoms. The molecule has 2 aromatic rings. The molecule has 0 saturated carbocycles. The summed E-state index contributed by atoms with van der Waals surface area (Å²) in [4.78, 5) is 10.9. The number of anilines is 1. The molecule has 0 aliphatic rings. The van der Waals surface area contributed by atoms with Gasteiger partial charge in [0.05, 0.1) is 4.92 Å². The van der Waals surface area contributed by atoms with E-state index in [0.29, 0.717) is 5.69 Å². The molecule has 1 atom stereocenters. The average Bonchev–Trinajstić information content (AvgIpc) is 2.53. The van der Waals surface area contributed by atoms with E-state index in [0.717, 1.165) is 11.1 Å². The van der Waals surface area contributed by atoms with Gasteiger partial charge in [0, 0.05) is 23.2 Å². The average molecular weight is 322 g/mol. The predicted octanol–water partition coefficient (Wildman–Crippen LogP) is 4.84. The molecule has 0 aliphatic heterocycles. The Morgan fingerprint density at radius 2 is 1.67 bits per heavy atom. The number of nitro groups is 1. The van der Waals surface area contributed by atoms with Crippen LogP contribution in [0.4, 0.5) is 11.4 Å². The van der Waals surface area contributed by atoms with Crippen molar-refractivity contribution < 1.29 is 4.92 Å². The van der Waals surface area contributed by atoms with Crippen LogP contribution in [0.25, 0.3) is 0 Å². The Morgan fingerprint density at radius 1 is 1.04 bits per heavy atom. The molecule has 0 bridgehead atoms. The first kappa shape index (κ1) is 17.6. The molecule has 0 heterocycles. The highest BCUT2D eigenvalue weighted by Crippen LogP contribution is 2.29. The molecule has 4 nitrogen and oxygen atoms in total. The molecular weight excluding hydrogens is 300 g/mol. The highest BCUT2D eigenvalue weighted by atomic mass is 16.6. The van der Waals surface area contributed by atoms with Gasteiger partial charge in [-0.2, -0.15) is 0 Å². The molecule has 0 aromatic heterocycles. The molecule has 0 spiro atoms. The Bertz CT molecular complexity index is 781. The van der Waals surface area contributed by atoms with E-state index in [1.165, 1.54) is 6.07 Å². The van der Waals surface area contributed by atoms with Gasteiger partial charge in [-0.1, -0.05) is 50.8 Å². The maximum Gasteiger partial charge on any atom is 0.292 e. The van der Waals surface area contributed by atoms with E-state index in [1.807, 2.05) is 37.3 Å². The summed E-state index contributed by atoms with van der Waals surface area (Å²) in [5, 5.41) is 14.5. The van der Waals surface area contributed by atoms with Crippen LogP contribution in [0, 0.1) is 27.4 Å². The Morgan fingerprint density at radius 3 is 2.25 bits per heavy atom. The van der Waals surface area contributed by atoms with Crippen molar-refractivity contribution in [1.82, 2.24) is 0 Å². The van der Waals surface area contributed by atoms with Crippen LogP contribution in [0.3, 0.4) is 0 Å². The molecule has 0 radical (unpaired) electrons. The maximum absolute atomic E-state index is 11.3. The molecule has 4 heteroatoms. The minimum absolute atomic E-state index is 0.0143. The quantitative estimate of drug-likeness (QED) is 0.500. The Kier molecular flexibility index (Phi) is 5.25. The van der Waals surface area contributed by atoms with Crippen LogP contribution in [-0.4, -0.2) is 11.0 Å². The molecule has 1 N–H and O–H groups in total. The van der Waals surface area contributed by atoms with Gasteiger partial charge in [0.1, 0.15) is 5.69 Å². The van der Waals surface area contributed by atoms with Crippen LogP contribution in [0.5, 0.6) is 0 Å². The standard InChI is InChI=1S/C20H22N2O2/c1-15(20(2,3)4)21-18-14-17(12-13-19(18)22(23)24)11-10-16-8-6-5-7-9-16/h5-9,12-15,21H,1-4H3/t15-/m1/s1. The summed E-state index contributed by atoms with van der Waals surface area (Å²) in [6, 6.07) is 14.7. The molecule has 124 valence electrons. The van der Waals surface area contributed by atoms with Crippen molar-refractivity contribution in [3.05, 3.63) is 69.8 Å². The van der Waals surface area contributed by atoms with Crippen molar-refractivity contribution in [3.8, 4) is 11.8 Å². The normalized spacial score (nSPS) is 12.0. The lowest BCUT2D eigenvalue weighted by molar-refractivity contribution is -0.384. The predicted molar refractivity (Wildman–Crippen MR) is 98.1 cm³/mol. The number of nitrogens with one attached hydrogen (secondary N) is 1. The van der Waals surface area contributed by atoms with Gasteiger partial charge in [0.25, 0.3) is 5.69 Å². The summed E-state index contributed by atoms with van der Waals surface area (Å²) in [6.45, 7) is 8.30. The van der Waals surface area contributed by atoms with E-state index in [4.69, 9.17) is 0 Å². The molecular formula is C20H22N2O2. The summed E-state index contributed by atoms with van der Waals surface area (Å²) in [5.41, 5.74) is 2.21. The number of rotatable bonds is 3. The second-order valence-electron chi connectivity index (χ2n) is 6.84. The van der Waals surface area contributed by atoms with Crippen molar-refractivity contribution in [1.29, 1.82) is 0 Å². The van der Waals surface area contributed by atoms with E-state index in [1.54, 1.807) is 12.1 Å². The molecule has 2 rings (SSSR count).